The lowest BCUT2D eigenvalue weighted by Gasteiger charge is -2.09. The van der Waals surface area contributed by atoms with E-state index in [1.165, 1.54) is 9.75 Å². The lowest BCUT2D eigenvalue weighted by atomic mass is 10.4. The minimum atomic E-state index is 0.672. The normalized spacial score (nSPS) is 11.6. The average molecular weight is 294 g/mol. The van der Waals surface area contributed by atoms with Crippen molar-refractivity contribution >= 4 is 28.6 Å². The Hall–Kier alpha value is -1.40. The van der Waals surface area contributed by atoms with E-state index in [9.17, 15) is 0 Å². The van der Waals surface area contributed by atoms with E-state index in [-0.39, 0.29) is 0 Å². The van der Waals surface area contributed by atoms with Gasteiger partial charge in [-0.1, -0.05) is 6.07 Å². The first kappa shape index (κ1) is 14.0. The molecule has 0 bridgehead atoms. The van der Waals surface area contributed by atoms with Gasteiger partial charge in [-0.25, -0.2) is 9.98 Å². The third kappa shape index (κ3) is 4.65. The molecule has 4 nitrogen and oxygen atoms in total. The first-order chi connectivity index (χ1) is 9.28. The van der Waals surface area contributed by atoms with E-state index in [1.54, 1.807) is 22.7 Å². The van der Waals surface area contributed by atoms with Gasteiger partial charge in [-0.05, 0) is 25.3 Å². The molecular formula is C13H18N4S2. The zero-order chi connectivity index (χ0) is 13.5. The van der Waals surface area contributed by atoms with Crippen molar-refractivity contribution in [1.82, 2.24) is 15.6 Å². The number of thiazole rings is 1. The predicted molar refractivity (Wildman–Crippen MR) is 82.8 cm³/mol. The molecule has 2 aromatic rings. The number of rotatable bonds is 5. The highest BCUT2D eigenvalue weighted by molar-refractivity contribution is 7.11. The van der Waals surface area contributed by atoms with Gasteiger partial charge in [0, 0.05) is 22.5 Å². The summed E-state index contributed by atoms with van der Waals surface area (Å²) in [6.07, 6.45) is 1.90. The van der Waals surface area contributed by atoms with Crippen molar-refractivity contribution in [2.24, 2.45) is 4.99 Å². The van der Waals surface area contributed by atoms with Crippen molar-refractivity contribution in [3.63, 3.8) is 0 Å². The summed E-state index contributed by atoms with van der Waals surface area (Å²) in [4.78, 5) is 11.3. The predicted octanol–water partition coefficient (Wildman–Crippen LogP) is 2.77. The lowest BCUT2D eigenvalue weighted by Crippen LogP contribution is -2.36. The van der Waals surface area contributed by atoms with Crippen LogP contribution < -0.4 is 10.6 Å². The minimum Gasteiger partial charge on any atom is -0.357 e. The summed E-state index contributed by atoms with van der Waals surface area (Å²) in [5, 5.41) is 9.75. The Balaban J connectivity index is 1.90. The monoisotopic (exact) mass is 294 g/mol. The molecule has 0 radical (unpaired) electrons. The van der Waals surface area contributed by atoms with E-state index in [0.717, 1.165) is 24.1 Å². The van der Waals surface area contributed by atoms with Crippen LogP contribution in [0.2, 0.25) is 0 Å². The van der Waals surface area contributed by atoms with Gasteiger partial charge in [-0.15, -0.1) is 22.7 Å². The highest BCUT2D eigenvalue weighted by Gasteiger charge is 2.00. The highest BCUT2D eigenvalue weighted by Crippen LogP contribution is 2.12. The fraction of sp³-hybridized carbons (Fsp3) is 0.385. The number of nitrogens with zero attached hydrogens (tertiary/aromatic N) is 2. The second kappa shape index (κ2) is 7.25. The van der Waals surface area contributed by atoms with Crippen LogP contribution in [0.3, 0.4) is 0 Å². The highest BCUT2D eigenvalue weighted by atomic mass is 32.1. The molecule has 2 N–H and O–H groups in total. The summed E-state index contributed by atoms with van der Waals surface area (Å²) in [6.45, 7) is 6.42. The van der Waals surface area contributed by atoms with Crippen molar-refractivity contribution in [3.8, 4) is 0 Å². The van der Waals surface area contributed by atoms with Crippen molar-refractivity contribution in [2.75, 3.05) is 6.54 Å². The second-order valence-corrected chi connectivity index (χ2v) is 6.33. The van der Waals surface area contributed by atoms with Gasteiger partial charge in [-0.3, -0.25) is 0 Å². The molecule has 0 aliphatic heterocycles. The van der Waals surface area contributed by atoms with Crippen molar-refractivity contribution in [2.45, 2.75) is 26.9 Å². The maximum absolute atomic E-state index is 4.57. The molecule has 2 rings (SSSR count). The van der Waals surface area contributed by atoms with E-state index in [2.05, 4.69) is 45.0 Å². The number of aryl methyl sites for hydroxylation is 1. The van der Waals surface area contributed by atoms with Crippen LogP contribution in [-0.4, -0.2) is 17.5 Å². The van der Waals surface area contributed by atoms with Gasteiger partial charge in [0.1, 0.15) is 0 Å². The SMILES string of the molecule is CCNC(=NCc1cnc(C)s1)NCc1cccs1. The largest absolute Gasteiger partial charge is 0.357 e. The van der Waals surface area contributed by atoms with Gasteiger partial charge in [-0.2, -0.15) is 0 Å². The van der Waals surface area contributed by atoms with E-state index >= 15 is 0 Å². The van der Waals surface area contributed by atoms with Crippen LogP contribution >= 0.6 is 22.7 Å². The zero-order valence-corrected chi connectivity index (χ0v) is 12.8. The zero-order valence-electron chi connectivity index (χ0n) is 11.1. The fourth-order valence-corrected chi connectivity index (χ4v) is 2.93. The summed E-state index contributed by atoms with van der Waals surface area (Å²) in [5.74, 6) is 0.849. The summed E-state index contributed by atoms with van der Waals surface area (Å²) in [7, 11) is 0. The number of hydrogen-bond acceptors (Lipinski definition) is 4. The van der Waals surface area contributed by atoms with E-state index in [1.807, 2.05) is 13.1 Å². The molecule has 0 aliphatic rings. The molecule has 0 atom stereocenters. The average Bonchev–Trinajstić information content (AvgIpc) is 3.04. The molecule has 0 amide bonds. The van der Waals surface area contributed by atoms with Crippen molar-refractivity contribution < 1.29 is 0 Å². The Kier molecular flexibility index (Phi) is 5.35. The molecule has 0 aromatic carbocycles. The van der Waals surface area contributed by atoms with Gasteiger partial charge in [0.05, 0.1) is 18.1 Å². The molecule has 0 saturated carbocycles. The van der Waals surface area contributed by atoms with Crippen LogP contribution in [0.5, 0.6) is 0 Å². The van der Waals surface area contributed by atoms with Crippen molar-refractivity contribution in [1.29, 1.82) is 0 Å². The van der Waals surface area contributed by atoms with Gasteiger partial charge in [0.2, 0.25) is 0 Å². The number of guanidine groups is 1. The number of aliphatic imine (C=N–C) groups is 1. The summed E-state index contributed by atoms with van der Waals surface area (Å²) >= 11 is 3.44. The van der Waals surface area contributed by atoms with Crippen LogP contribution in [-0.2, 0) is 13.1 Å². The molecule has 0 fully saturated rings. The third-order valence-electron chi connectivity index (χ3n) is 2.42. The van der Waals surface area contributed by atoms with Crippen LogP contribution in [0.4, 0.5) is 0 Å². The van der Waals surface area contributed by atoms with E-state index in [0.29, 0.717) is 6.54 Å². The molecular weight excluding hydrogens is 276 g/mol. The van der Waals surface area contributed by atoms with Crippen molar-refractivity contribution in [3.05, 3.63) is 38.5 Å². The standard InChI is InChI=1S/C13H18N4S2/c1-3-14-13(16-7-11-5-4-6-18-11)17-9-12-8-15-10(2)19-12/h4-6,8H,3,7,9H2,1-2H3,(H2,14,16,17). The molecule has 0 unspecified atom stereocenters. The molecule has 19 heavy (non-hydrogen) atoms. The number of nitrogens with one attached hydrogen (secondary N) is 2. The van der Waals surface area contributed by atoms with Crippen LogP contribution in [0.1, 0.15) is 21.7 Å². The Morgan fingerprint density at radius 3 is 2.89 bits per heavy atom. The molecule has 0 aliphatic carbocycles. The van der Waals surface area contributed by atoms with Crippen LogP contribution in [0.15, 0.2) is 28.7 Å². The van der Waals surface area contributed by atoms with E-state index < -0.39 is 0 Å². The van der Waals surface area contributed by atoms with Gasteiger partial charge >= 0.3 is 0 Å². The maximum Gasteiger partial charge on any atom is 0.191 e. The Labute approximate surface area is 121 Å². The quantitative estimate of drug-likeness (QED) is 0.658. The topological polar surface area (TPSA) is 49.3 Å². The molecule has 2 aromatic heterocycles. The van der Waals surface area contributed by atoms with Gasteiger partial charge in [0.15, 0.2) is 5.96 Å². The number of thiophene rings is 1. The Bertz CT molecular complexity index is 516. The molecule has 0 saturated heterocycles. The summed E-state index contributed by atoms with van der Waals surface area (Å²) in [5.41, 5.74) is 0. The van der Waals surface area contributed by atoms with Crippen LogP contribution in [0, 0.1) is 6.92 Å². The summed E-state index contributed by atoms with van der Waals surface area (Å²) in [6, 6.07) is 4.18. The minimum absolute atomic E-state index is 0.672. The first-order valence-electron chi connectivity index (χ1n) is 6.24. The van der Waals surface area contributed by atoms with Gasteiger partial charge < -0.3 is 10.6 Å². The third-order valence-corrected chi connectivity index (χ3v) is 4.19. The van der Waals surface area contributed by atoms with Gasteiger partial charge in [0.25, 0.3) is 0 Å². The van der Waals surface area contributed by atoms with Crippen LogP contribution in [0.25, 0.3) is 0 Å². The molecule has 0 spiro atoms. The number of hydrogen-bond donors (Lipinski definition) is 2. The second-order valence-electron chi connectivity index (χ2n) is 3.97. The Morgan fingerprint density at radius 2 is 2.26 bits per heavy atom. The molecule has 102 valence electrons. The summed E-state index contributed by atoms with van der Waals surface area (Å²) < 4.78 is 0. The smallest absolute Gasteiger partial charge is 0.191 e. The maximum atomic E-state index is 4.57. The molecule has 2 heterocycles. The molecule has 6 heteroatoms. The Morgan fingerprint density at radius 1 is 1.37 bits per heavy atom. The first-order valence-corrected chi connectivity index (χ1v) is 7.93. The fourth-order valence-electron chi connectivity index (χ4n) is 1.56. The number of aromatic nitrogens is 1. The lowest BCUT2D eigenvalue weighted by molar-refractivity contribution is 0.825. The van der Waals surface area contributed by atoms with E-state index in [4.69, 9.17) is 0 Å².